The molecule has 0 spiro atoms. The molecule has 0 aliphatic heterocycles. The maximum Gasteiger partial charge on any atom is 0.251 e. The lowest BCUT2D eigenvalue weighted by Crippen LogP contribution is -2.27. The quantitative estimate of drug-likeness (QED) is 0.659. The number of carbonyl (C=O) groups excluding carboxylic acids is 1. The van der Waals surface area contributed by atoms with E-state index in [1.807, 2.05) is 25.1 Å². The number of hydrogen-bond donors (Lipinski definition) is 2. The van der Waals surface area contributed by atoms with Crippen molar-refractivity contribution in [3.8, 4) is 5.75 Å². The van der Waals surface area contributed by atoms with E-state index in [0.717, 1.165) is 10.9 Å². The fraction of sp³-hybridized carbons (Fsp3) is 0.273. The van der Waals surface area contributed by atoms with Gasteiger partial charge >= 0.3 is 0 Å². The Labute approximate surface area is 162 Å². The highest BCUT2D eigenvalue weighted by molar-refractivity contribution is 5.87. The van der Waals surface area contributed by atoms with Crippen molar-refractivity contribution in [2.45, 2.75) is 26.2 Å². The number of aromatic amines is 1. The summed E-state index contributed by atoms with van der Waals surface area (Å²) >= 11 is 0. The van der Waals surface area contributed by atoms with Crippen LogP contribution in [-0.4, -0.2) is 24.5 Å². The second-order valence-electron chi connectivity index (χ2n) is 6.69. The highest BCUT2D eigenvalue weighted by Crippen LogP contribution is 2.25. The molecule has 0 fully saturated rings. The molecule has 28 heavy (non-hydrogen) atoms. The van der Waals surface area contributed by atoms with Gasteiger partial charge < -0.3 is 15.0 Å². The van der Waals surface area contributed by atoms with Crippen LogP contribution in [0.1, 0.15) is 23.1 Å². The first kappa shape index (κ1) is 19.6. The van der Waals surface area contributed by atoms with Gasteiger partial charge in [0.2, 0.25) is 5.91 Å². The minimum Gasteiger partial charge on any atom is -0.495 e. The zero-order valence-electron chi connectivity index (χ0n) is 16.0. The van der Waals surface area contributed by atoms with Crippen LogP contribution in [0.4, 0.5) is 4.39 Å². The average Bonchev–Trinajstić information content (AvgIpc) is 2.68. The van der Waals surface area contributed by atoms with Crippen molar-refractivity contribution in [2.75, 3.05) is 13.7 Å². The molecule has 5 nitrogen and oxygen atoms in total. The topological polar surface area (TPSA) is 71.2 Å². The second-order valence-corrected chi connectivity index (χ2v) is 6.69. The third-order valence-corrected chi connectivity index (χ3v) is 4.79. The molecule has 0 aliphatic rings. The summed E-state index contributed by atoms with van der Waals surface area (Å²) in [5.74, 6) is 0.146. The van der Waals surface area contributed by atoms with Gasteiger partial charge in [0.05, 0.1) is 12.6 Å². The number of amides is 1. The van der Waals surface area contributed by atoms with Crippen molar-refractivity contribution in [1.82, 2.24) is 10.3 Å². The summed E-state index contributed by atoms with van der Waals surface area (Å²) in [6, 6.07) is 12.0. The molecular weight excluding hydrogens is 359 g/mol. The number of pyridine rings is 1. The van der Waals surface area contributed by atoms with Gasteiger partial charge in [-0.15, -0.1) is 0 Å². The van der Waals surface area contributed by atoms with E-state index in [9.17, 15) is 14.0 Å². The van der Waals surface area contributed by atoms with Gasteiger partial charge in [-0.2, -0.15) is 0 Å². The van der Waals surface area contributed by atoms with E-state index in [4.69, 9.17) is 4.74 Å². The Hall–Kier alpha value is -3.15. The molecule has 146 valence electrons. The SMILES string of the molecule is COc1ccc(C)c2cc(CCNC(=O)CCc3ccccc3F)c(=O)[nH]c12. The summed E-state index contributed by atoms with van der Waals surface area (Å²) < 4.78 is 18.9. The minimum absolute atomic E-state index is 0.168. The number of halogens is 1. The van der Waals surface area contributed by atoms with Crippen LogP contribution in [0.15, 0.2) is 47.3 Å². The van der Waals surface area contributed by atoms with E-state index in [2.05, 4.69) is 10.3 Å². The number of aryl methyl sites for hydroxylation is 2. The molecule has 2 aromatic carbocycles. The van der Waals surface area contributed by atoms with Gasteiger partial charge in [-0.1, -0.05) is 24.3 Å². The third kappa shape index (κ3) is 4.39. The Kier molecular flexibility index (Phi) is 6.09. The van der Waals surface area contributed by atoms with Crippen LogP contribution in [0.2, 0.25) is 0 Å². The number of hydrogen-bond acceptors (Lipinski definition) is 3. The number of carbonyl (C=O) groups is 1. The number of benzene rings is 2. The summed E-state index contributed by atoms with van der Waals surface area (Å²) in [6.07, 6.45) is 0.951. The van der Waals surface area contributed by atoms with Crippen molar-refractivity contribution in [3.63, 3.8) is 0 Å². The highest BCUT2D eigenvalue weighted by atomic mass is 19.1. The molecule has 0 aliphatic carbocycles. The van der Waals surface area contributed by atoms with E-state index >= 15 is 0 Å². The van der Waals surface area contributed by atoms with E-state index in [0.29, 0.717) is 41.8 Å². The summed E-state index contributed by atoms with van der Waals surface area (Å²) in [7, 11) is 1.56. The molecule has 0 unspecified atom stereocenters. The van der Waals surface area contributed by atoms with Crippen molar-refractivity contribution < 1.29 is 13.9 Å². The first-order valence-corrected chi connectivity index (χ1v) is 9.19. The molecule has 3 rings (SSSR count). The Balaban J connectivity index is 1.61. The number of H-pyrrole nitrogens is 1. The molecule has 2 N–H and O–H groups in total. The largest absolute Gasteiger partial charge is 0.495 e. The van der Waals surface area contributed by atoms with Gasteiger partial charge in [0.25, 0.3) is 5.56 Å². The van der Waals surface area contributed by atoms with Gasteiger partial charge in [0, 0.05) is 23.9 Å². The lowest BCUT2D eigenvalue weighted by molar-refractivity contribution is -0.121. The monoisotopic (exact) mass is 382 g/mol. The van der Waals surface area contributed by atoms with Crippen LogP contribution in [0.25, 0.3) is 10.9 Å². The fourth-order valence-electron chi connectivity index (χ4n) is 3.18. The standard InChI is InChI=1S/C22H23FN2O3/c1-14-7-9-19(28-2)21-17(14)13-16(22(27)25-21)11-12-24-20(26)10-8-15-5-3-4-6-18(15)23/h3-7,9,13H,8,10-12H2,1-2H3,(H,24,26)(H,25,27). The lowest BCUT2D eigenvalue weighted by Gasteiger charge is -2.10. The van der Waals surface area contributed by atoms with Crippen LogP contribution in [0.5, 0.6) is 5.75 Å². The van der Waals surface area contributed by atoms with Crippen LogP contribution in [-0.2, 0) is 17.6 Å². The van der Waals surface area contributed by atoms with Crippen LogP contribution in [0.3, 0.4) is 0 Å². The molecule has 3 aromatic rings. The van der Waals surface area contributed by atoms with Gasteiger partial charge in [-0.3, -0.25) is 9.59 Å². The predicted octanol–water partition coefficient (Wildman–Crippen LogP) is 3.28. The minimum atomic E-state index is -0.302. The first-order valence-electron chi connectivity index (χ1n) is 9.19. The predicted molar refractivity (Wildman–Crippen MR) is 107 cm³/mol. The lowest BCUT2D eigenvalue weighted by atomic mass is 10.1. The summed E-state index contributed by atoms with van der Waals surface area (Å²) in [4.78, 5) is 27.3. The summed E-state index contributed by atoms with van der Waals surface area (Å²) in [5.41, 5.74) is 2.62. The molecule has 1 aromatic heterocycles. The molecule has 1 amide bonds. The van der Waals surface area contributed by atoms with E-state index in [1.54, 1.807) is 25.3 Å². The Morgan fingerprint density at radius 1 is 1.14 bits per heavy atom. The van der Waals surface area contributed by atoms with Crippen LogP contribution >= 0.6 is 0 Å². The molecular formula is C22H23FN2O3. The van der Waals surface area contributed by atoms with Gasteiger partial charge in [0.1, 0.15) is 11.6 Å². The first-order chi connectivity index (χ1) is 13.5. The van der Waals surface area contributed by atoms with E-state index in [-0.39, 0.29) is 23.7 Å². The fourth-order valence-corrected chi connectivity index (χ4v) is 3.18. The molecule has 0 saturated carbocycles. The number of methoxy groups -OCH3 is 1. The smallest absolute Gasteiger partial charge is 0.251 e. The normalized spacial score (nSPS) is 10.8. The number of ether oxygens (including phenoxy) is 1. The maximum absolute atomic E-state index is 13.6. The number of nitrogens with one attached hydrogen (secondary N) is 2. The summed E-state index contributed by atoms with van der Waals surface area (Å²) in [5, 5.41) is 3.71. The molecule has 6 heteroatoms. The highest BCUT2D eigenvalue weighted by Gasteiger charge is 2.10. The number of fused-ring (bicyclic) bond motifs is 1. The Bertz CT molecular complexity index is 1060. The molecule has 0 saturated heterocycles. The van der Waals surface area contributed by atoms with Gasteiger partial charge in [-0.25, -0.2) is 4.39 Å². The molecule has 0 bridgehead atoms. The molecule has 1 heterocycles. The second kappa shape index (κ2) is 8.69. The molecule has 0 radical (unpaired) electrons. The van der Waals surface area contributed by atoms with Crippen LogP contribution < -0.4 is 15.6 Å². The third-order valence-electron chi connectivity index (χ3n) is 4.79. The average molecular weight is 382 g/mol. The summed E-state index contributed by atoms with van der Waals surface area (Å²) in [6.45, 7) is 2.31. The molecule has 0 atom stereocenters. The van der Waals surface area contributed by atoms with Crippen molar-refractivity contribution in [3.05, 3.63) is 75.3 Å². The Morgan fingerprint density at radius 2 is 1.93 bits per heavy atom. The van der Waals surface area contributed by atoms with Gasteiger partial charge in [0.15, 0.2) is 0 Å². The number of rotatable bonds is 7. The van der Waals surface area contributed by atoms with Crippen LogP contribution in [0, 0.1) is 12.7 Å². The number of aromatic nitrogens is 1. The van der Waals surface area contributed by atoms with E-state index < -0.39 is 0 Å². The zero-order chi connectivity index (χ0) is 20.1. The van der Waals surface area contributed by atoms with Crippen molar-refractivity contribution in [2.24, 2.45) is 0 Å². The maximum atomic E-state index is 13.6. The zero-order valence-corrected chi connectivity index (χ0v) is 16.0. The van der Waals surface area contributed by atoms with E-state index in [1.165, 1.54) is 6.07 Å². The van der Waals surface area contributed by atoms with Crippen molar-refractivity contribution >= 4 is 16.8 Å². The van der Waals surface area contributed by atoms with Crippen molar-refractivity contribution in [1.29, 1.82) is 0 Å². The van der Waals surface area contributed by atoms with Gasteiger partial charge in [-0.05, 0) is 49.1 Å². The Morgan fingerprint density at radius 3 is 2.68 bits per heavy atom.